The molecule has 0 saturated carbocycles. The van der Waals surface area contributed by atoms with E-state index in [1.165, 1.54) is 17.7 Å². The summed E-state index contributed by atoms with van der Waals surface area (Å²) in [5.41, 5.74) is 3.66. The van der Waals surface area contributed by atoms with Gasteiger partial charge in [-0.1, -0.05) is 32.0 Å². The molecule has 5 heteroatoms. The fourth-order valence-corrected chi connectivity index (χ4v) is 2.48. The molecule has 0 atom stereocenters. The first-order valence-electron chi connectivity index (χ1n) is 8.25. The molecule has 25 heavy (non-hydrogen) atoms. The van der Waals surface area contributed by atoms with Crippen molar-refractivity contribution in [1.29, 1.82) is 0 Å². The second-order valence-corrected chi connectivity index (χ2v) is 6.26. The van der Waals surface area contributed by atoms with Gasteiger partial charge in [0, 0.05) is 23.1 Å². The summed E-state index contributed by atoms with van der Waals surface area (Å²) in [4.78, 5) is 8.87. The smallest absolute Gasteiger partial charge is 0.229 e. The molecule has 0 bridgehead atoms. The van der Waals surface area contributed by atoms with Crippen LogP contribution in [0.5, 0.6) is 0 Å². The number of halogens is 1. The summed E-state index contributed by atoms with van der Waals surface area (Å²) in [5, 5.41) is 6.32. The first-order chi connectivity index (χ1) is 12.0. The van der Waals surface area contributed by atoms with Gasteiger partial charge in [-0.2, -0.15) is 4.98 Å². The summed E-state index contributed by atoms with van der Waals surface area (Å²) in [5.74, 6) is 1.31. The molecule has 3 rings (SSSR count). The van der Waals surface area contributed by atoms with Crippen molar-refractivity contribution in [3.05, 3.63) is 71.7 Å². The molecule has 0 radical (unpaired) electrons. The van der Waals surface area contributed by atoms with Crippen molar-refractivity contribution in [1.82, 2.24) is 9.97 Å². The molecule has 1 heterocycles. The van der Waals surface area contributed by atoms with Crippen LogP contribution in [0.2, 0.25) is 0 Å². The highest BCUT2D eigenvalue weighted by Crippen LogP contribution is 2.21. The molecule has 0 aliphatic heterocycles. The molecular formula is C20H21FN4. The lowest BCUT2D eigenvalue weighted by molar-refractivity contribution is 0.628. The molecule has 0 spiro atoms. The zero-order chi connectivity index (χ0) is 17.8. The fraction of sp³-hybridized carbons (Fsp3) is 0.200. The van der Waals surface area contributed by atoms with Crippen LogP contribution in [-0.4, -0.2) is 9.97 Å². The van der Waals surface area contributed by atoms with Crippen LogP contribution in [0.4, 0.5) is 27.5 Å². The predicted molar refractivity (Wildman–Crippen MR) is 100 cm³/mol. The zero-order valence-electron chi connectivity index (χ0n) is 14.5. The van der Waals surface area contributed by atoms with Crippen LogP contribution < -0.4 is 10.6 Å². The van der Waals surface area contributed by atoms with Gasteiger partial charge in [-0.05, 0) is 48.7 Å². The topological polar surface area (TPSA) is 49.8 Å². The third kappa shape index (κ3) is 4.53. The van der Waals surface area contributed by atoms with Crippen molar-refractivity contribution < 1.29 is 4.39 Å². The minimum absolute atomic E-state index is 0.292. The van der Waals surface area contributed by atoms with Crippen molar-refractivity contribution in [2.24, 2.45) is 0 Å². The molecule has 1 aromatic heterocycles. The van der Waals surface area contributed by atoms with Crippen LogP contribution in [0.15, 0.2) is 54.6 Å². The Morgan fingerprint density at radius 1 is 0.880 bits per heavy atom. The monoisotopic (exact) mass is 336 g/mol. The second-order valence-electron chi connectivity index (χ2n) is 6.26. The molecule has 0 aliphatic rings. The maximum absolute atomic E-state index is 13.3. The van der Waals surface area contributed by atoms with Gasteiger partial charge in [0.25, 0.3) is 0 Å². The Bertz CT molecular complexity index is 860. The Morgan fingerprint density at radius 2 is 1.64 bits per heavy atom. The van der Waals surface area contributed by atoms with Crippen LogP contribution in [-0.2, 0) is 0 Å². The molecule has 0 aliphatic carbocycles. The normalized spacial score (nSPS) is 10.8. The van der Waals surface area contributed by atoms with Gasteiger partial charge in [0.05, 0.1) is 0 Å². The minimum atomic E-state index is -0.292. The third-order valence-electron chi connectivity index (χ3n) is 3.78. The molecule has 0 unspecified atom stereocenters. The number of rotatable bonds is 5. The fourth-order valence-electron chi connectivity index (χ4n) is 2.48. The second kappa shape index (κ2) is 7.30. The van der Waals surface area contributed by atoms with Gasteiger partial charge in [0.2, 0.25) is 5.95 Å². The molecular weight excluding hydrogens is 315 g/mol. The van der Waals surface area contributed by atoms with Crippen LogP contribution in [0.25, 0.3) is 0 Å². The Morgan fingerprint density at radius 3 is 2.32 bits per heavy atom. The molecule has 3 aromatic rings. The van der Waals surface area contributed by atoms with Crippen molar-refractivity contribution in [3.63, 3.8) is 0 Å². The van der Waals surface area contributed by atoms with Crippen molar-refractivity contribution in [2.45, 2.75) is 26.7 Å². The lowest BCUT2D eigenvalue weighted by Gasteiger charge is -2.11. The molecule has 4 nitrogen and oxygen atoms in total. The SMILES string of the molecule is Cc1cc(Nc2cccc(F)c2)nc(Nc2ccc(C(C)C)cc2)n1. The van der Waals surface area contributed by atoms with E-state index in [-0.39, 0.29) is 5.82 Å². The van der Waals surface area contributed by atoms with E-state index >= 15 is 0 Å². The summed E-state index contributed by atoms with van der Waals surface area (Å²) >= 11 is 0. The molecule has 0 fully saturated rings. The van der Waals surface area contributed by atoms with Crippen LogP contribution in [0.3, 0.4) is 0 Å². The minimum Gasteiger partial charge on any atom is -0.340 e. The quantitative estimate of drug-likeness (QED) is 0.643. The largest absolute Gasteiger partial charge is 0.340 e. The van der Waals surface area contributed by atoms with Crippen molar-refractivity contribution in [2.75, 3.05) is 10.6 Å². The number of hydrogen-bond donors (Lipinski definition) is 2. The Balaban J connectivity index is 1.79. The highest BCUT2D eigenvalue weighted by atomic mass is 19.1. The summed E-state index contributed by atoms with van der Waals surface area (Å²) in [7, 11) is 0. The lowest BCUT2D eigenvalue weighted by Crippen LogP contribution is -2.02. The van der Waals surface area contributed by atoms with Crippen LogP contribution in [0, 0.1) is 12.7 Å². The number of aromatic nitrogens is 2. The van der Waals surface area contributed by atoms with Gasteiger partial charge in [-0.3, -0.25) is 0 Å². The van der Waals surface area contributed by atoms with Crippen LogP contribution >= 0.6 is 0 Å². The highest BCUT2D eigenvalue weighted by molar-refractivity contribution is 5.60. The molecule has 0 amide bonds. The average molecular weight is 336 g/mol. The average Bonchev–Trinajstić information content (AvgIpc) is 2.54. The van der Waals surface area contributed by atoms with E-state index in [1.54, 1.807) is 12.1 Å². The number of nitrogens with zero attached hydrogens (tertiary/aromatic N) is 2. The molecule has 128 valence electrons. The van der Waals surface area contributed by atoms with Crippen molar-refractivity contribution in [3.8, 4) is 0 Å². The predicted octanol–water partition coefficient (Wildman–Crippen LogP) is 5.53. The van der Waals surface area contributed by atoms with Gasteiger partial charge in [0.15, 0.2) is 0 Å². The third-order valence-corrected chi connectivity index (χ3v) is 3.78. The maximum atomic E-state index is 13.3. The summed E-state index contributed by atoms with van der Waals surface area (Å²) in [6.45, 7) is 6.22. The van der Waals surface area contributed by atoms with E-state index in [4.69, 9.17) is 0 Å². The summed E-state index contributed by atoms with van der Waals surface area (Å²) in [6, 6.07) is 16.3. The summed E-state index contributed by atoms with van der Waals surface area (Å²) < 4.78 is 13.3. The number of benzene rings is 2. The van der Waals surface area contributed by atoms with E-state index in [0.29, 0.717) is 23.4 Å². The number of anilines is 4. The van der Waals surface area contributed by atoms with E-state index < -0.39 is 0 Å². The number of nitrogens with one attached hydrogen (secondary N) is 2. The number of hydrogen-bond acceptors (Lipinski definition) is 4. The Labute approximate surface area is 147 Å². The Hall–Kier alpha value is -2.95. The molecule has 0 saturated heterocycles. The van der Waals surface area contributed by atoms with Gasteiger partial charge < -0.3 is 10.6 Å². The molecule has 2 aromatic carbocycles. The lowest BCUT2D eigenvalue weighted by atomic mass is 10.0. The first kappa shape index (κ1) is 16.9. The van der Waals surface area contributed by atoms with Crippen LogP contribution in [0.1, 0.15) is 31.0 Å². The highest BCUT2D eigenvalue weighted by Gasteiger charge is 2.05. The zero-order valence-corrected chi connectivity index (χ0v) is 14.5. The van der Waals surface area contributed by atoms with Gasteiger partial charge >= 0.3 is 0 Å². The van der Waals surface area contributed by atoms with Gasteiger partial charge in [-0.25, -0.2) is 9.37 Å². The summed E-state index contributed by atoms with van der Waals surface area (Å²) in [6.07, 6.45) is 0. The molecule has 2 N–H and O–H groups in total. The van der Waals surface area contributed by atoms with Gasteiger partial charge in [0.1, 0.15) is 11.6 Å². The maximum Gasteiger partial charge on any atom is 0.229 e. The van der Waals surface area contributed by atoms with E-state index in [9.17, 15) is 4.39 Å². The first-order valence-corrected chi connectivity index (χ1v) is 8.25. The van der Waals surface area contributed by atoms with Crippen molar-refractivity contribution >= 4 is 23.1 Å². The standard InChI is InChI=1S/C20H21FN4/c1-13(2)15-7-9-17(10-8-15)24-20-22-14(3)11-19(25-20)23-18-6-4-5-16(21)12-18/h4-13H,1-3H3,(H2,22,23,24,25). The van der Waals surface area contributed by atoms with E-state index in [1.807, 2.05) is 25.1 Å². The number of aryl methyl sites for hydroxylation is 1. The Kier molecular flexibility index (Phi) is 4.93. The van der Waals surface area contributed by atoms with E-state index in [2.05, 4.69) is 46.6 Å². The van der Waals surface area contributed by atoms with E-state index in [0.717, 1.165) is 11.4 Å². The van der Waals surface area contributed by atoms with Gasteiger partial charge in [-0.15, -0.1) is 0 Å².